The predicted octanol–water partition coefficient (Wildman–Crippen LogP) is 3.84. The molecule has 174 valence electrons. The molecule has 0 unspecified atom stereocenters. The monoisotopic (exact) mass is 449 g/mol. The summed E-state index contributed by atoms with van der Waals surface area (Å²) in [6.45, 7) is 8.32. The highest BCUT2D eigenvalue weighted by atomic mass is 16.5. The number of hydrogen-bond donors (Lipinski definition) is 2. The molecule has 2 aromatic heterocycles. The predicted molar refractivity (Wildman–Crippen MR) is 128 cm³/mol. The van der Waals surface area contributed by atoms with E-state index in [2.05, 4.69) is 36.4 Å². The molecule has 3 aromatic rings. The van der Waals surface area contributed by atoms with Crippen LogP contribution >= 0.6 is 0 Å². The molecule has 33 heavy (non-hydrogen) atoms. The maximum atomic E-state index is 12.8. The highest BCUT2D eigenvalue weighted by Crippen LogP contribution is 2.37. The standard InChI is InChI=1S/C24H29N7O2.H2/c1-15-12-17(20-26-14-27-30-20)4-5-18(15)19-13-25-21-22(28-19)31(24(2,3)23(32)29-21)9-6-16-7-10-33-11-8-16;/h4-5,12-14,16H,6-11H2,1-3H3,(H,25,29,32)(H,26,27,30);1H. The zero-order valence-electron chi connectivity index (χ0n) is 19.3. The molecule has 1 aromatic carbocycles. The Bertz CT molecular complexity index is 1160. The molecule has 9 heteroatoms. The van der Waals surface area contributed by atoms with E-state index in [1.165, 1.54) is 6.33 Å². The maximum absolute atomic E-state index is 12.8. The van der Waals surface area contributed by atoms with Gasteiger partial charge in [0.15, 0.2) is 17.5 Å². The molecule has 0 saturated carbocycles. The fourth-order valence-corrected chi connectivity index (χ4v) is 4.61. The van der Waals surface area contributed by atoms with Crippen LogP contribution in [0, 0.1) is 12.8 Å². The average Bonchev–Trinajstić information content (AvgIpc) is 3.35. The number of rotatable bonds is 5. The van der Waals surface area contributed by atoms with Gasteiger partial charge in [-0.25, -0.2) is 15.0 Å². The number of aromatic amines is 1. The van der Waals surface area contributed by atoms with Crippen molar-refractivity contribution in [2.75, 3.05) is 30.0 Å². The van der Waals surface area contributed by atoms with Crippen LogP contribution in [0.4, 0.5) is 11.6 Å². The van der Waals surface area contributed by atoms with Crippen molar-refractivity contribution in [1.82, 2.24) is 25.1 Å². The number of anilines is 2. The number of carbonyl (C=O) groups excluding carboxylic acids is 1. The number of ether oxygens (including phenoxy) is 1. The van der Waals surface area contributed by atoms with E-state index in [-0.39, 0.29) is 7.33 Å². The summed E-state index contributed by atoms with van der Waals surface area (Å²) in [7, 11) is 0. The summed E-state index contributed by atoms with van der Waals surface area (Å²) in [6, 6.07) is 6.09. The van der Waals surface area contributed by atoms with Gasteiger partial charge in [0, 0.05) is 32.3 Å². The van der Waals surface area contributed by atoms with Gasteiger partial charge in [-0.2, -0.15) is 5.10 Å². The van der Waals surface area contributed by atoms with Crippen LogP contribution in [0.25, 0.3) is 22.6 Å². The molecule has 2 N–H and O–H groups in total. The van der Waals surface area contributed by atoms with E-state index in [1.807, 2.05) is 32.9 Å². The molecule has 2 aliphatic heterocycles. The van der Waals surface area contributed by atoms with Gasteiger partial charge in [-0.1, -0.05) is 12.1 Å². The first-order valence-corrected chi connectivity index (χ1v) is 11.4. The van der Waals surface area contributed by atoms with Crippen LogP contribution in [0.5, 0.6) is 0 Å². The molecule has 5 rings (SSSR count). The Balaban J connectivity index is 0.00000274. The second-order valence-electron chi connectivity index (χ2n) is 9.30. The zero-order chi connectivity index (χ0) is 23.0. The van der Waals surface area contributed by atoms with E-state index in [0.29, 0.717) is 11.7 Å². The average molecular weight is 450 g/mol. The highest BCUT2D eigenvalue weighted by molar-refractivity contribution is 6.04. The molecule has 0 bridgehead atoms. The summed E-state index contributed by atoms with van der Waals surface area (Å²) >= 11 is 0. The summed E-state index contributed by atoms with van der Waals surface area (Å²) in [4.78, 5) is 28.8. The minimum absolute atomic E-state index is 0. The van der Waals surface area contributed by atoms with E-state index >= 15 is 0 Å². The smallest absolute Gasteiger partial charge is 0.250 e. The Morgan fingerprint density at radius 1 is 1.24 bits per heavy atom. The Hall–Kier alpha value is -3.33. The summed E-state index contributed by atoms with van der Waals surface area (Å²) in [5, 5.41) is 9.77. The lowest BCUT2D eigenvalue weighted by Gasteiger charge is -2.43. The molecule has 4 heterocycles. The number of carbonyl (C=O) groups is 1. The van der Waals surface area contributed by atoms with Crippen molar-refractivity contribution in [2.45, 2.75) is 45.6 Å². The van der Waals surface area contributed by atoms with E-state index in [1.54, 1.807) is 6.20 Å². The van der Waals surface area contributed by atoms with Crippen LogP contribution in [0.2, 0.25) is 0 Å². The fraction of sp³-hybridized carbons (Fsp3) is 0.458. The van der Waals surface area contributed by atoms with Gasteiger partial charge in [-0.05, 0) is 57.6 Å². The van der Waals surface area contributed by atoms with E-state index in [0.717, 1.165) is 73.0 Å². The van der Waals surface area contributed by atoms with Crippen LogP contribution in [0.3, 0.4) is 0 Å². The van der Waals surface area contributed by atoms with E-state index < -0.39 is 5.54 Å². The SMILES string of the molecule is Cc1cc(-c2ncn[nH]2)ccc1-c1cnc2c(n1)N(CCC1CCOCC1)C(C)(C)C(=O)N2.[HH]. The number of aryl methyl sites for hydroxylation is 1. The summed E-state index contributed by atoms with van der Waals surface area (Å²) < 4.78 is 5.50. The van der Waals surface area contributed by atoms with Gasteiger partial charge >= 0.3 is 0 Å². The summed E-state index contributed by atoms with van der Waals surface area (Å²) in [5.74, 6) is 2.51. The molecular formula is C24H31N7O2. The Labute approximate surface area is 194 Å². The van der Waals surface area contributed by atoms with Crippen LogP contribution < -0.4 is 10.2 Å². The van der Waals surface area contributed by atoms with Crippen molar-refractivity contribution in [1.29, 1.82) is 0 Å². The molecule has 0 aliphatic carbocycles. The number of nitrogens with zero attached hydrogens (tertiary/aromatic N) is 5. The molecule has 1 amide bonds. The first kappa shape index (κ1) is 21.5. The molecule has 1 saturated heterocycles. The molecule has 9 nitrogen and oxygen atoms in total. The minimum Gasteiger partial charge on any atom is -0.381 e. The quantitative estimate of drug-likeness (QED) is 0.609. The second-order valence-corrected chi connectivity index (χ2v) is 9.30. The minimum atomic E-state index is -0.712. The number of aromatic nitrogens is 5. The van der Waals surface area contributed by atoms with Crippen LogP contribution in [0.15, 0.2) is 30.7 Å². The number of amides is 1. The van der Waals surface area contributed by atoms with Gasteiger partial charge in [-0.3, -0.25) is 9.89 Å². The number of benzene rings is 1. The normalized spacial score (nSPS) is 18.2. The zero-order valence-corrected chi connectivity index (χ0v) is 19.3. The number of hydrogen-bond acceptors (Lipinski definition) is 7. The maximum Gasteiger partial charge on any atom is 0.250 e. The largest absolute Gasteiger partial charge is 0.381 e. The van der Waals surface area contributed by atoms with Crippen molar-refractivity contribution in [3.8, 4) is 22.6 Å². The highest BCUT2D eigenvalue weighted by Gasteiger charge is 2.42. The molecule has 1 fully saturated rings. The first-order chi connectivity index (χ1) is 15.9. The van der Waals surface area contributed by atoms with Crippen molar-refractivity contribution in [2.24, 2.45) is 5.92 Å². The van der Waals surface area contributed by atoms with Crippen LogP contribution in [0.1, 0.15) is 40.1 Å². The van der Waals surface area contributed by atoms with Crippen molar-refractivity contribution < 1.29 is 11.0 Å². The van der Waals surface area contributed by atoms with Gasteiger partial charge in [0.05, 0.1) is 11.9 Å². The molecule has 2 aliphatic rings. The van der Waals surface area contributed by atoms with Gasteiger partial charge < -0.3 is 15.0 Å². The third-order valence-corrected chi connectivity index (χ3v) is 6.76. The van der Waals surface area contributed by atoms with Crippen molar-refractivity contribution >= 4 is 17.5 Å². The Morgan fingerprint density at radius 2 is 2.06 bits per heavy atom. The summed E-state index contributed by atoms with van der Waals surface area (Å²) in [6.07, 6.45) is 6.35. The van der Waals surface area contributed by atoms with Gasteiger partial charge in [0.2, 0.25) is 0 Å². The van der Waals surface area contributed by atoms with Crippen molar-refractivity contribution in [3.63, 3.8) is 0 Å². The Morgan fingerprint density at radius 3 is 2.79 bits per heavy atom. The first-order valence-electron chi connectivity index (χ1n) is 11.4. The third kappa shape index (κ3) is 4.08. The van der Waals surface area contributed by atoms with Gasteiger partial charge in [0.25, 0.3) is 5.91 Å². The lowest BCUT2D eigenvalue weighted by molar-refractivity contribution is -0.120. The van der Waals surface area contributed by atoms with Crippen molar-refractivity contribution in [3.05, 3.63) is 36.3 Å². The molecule has 0 spiro atoms. The van der Waals surface area contributed by atoms with Crippen LogP contribution in [-0.4, -0.2) is 56.4 Å². The molecule has 0 radical (unpaired) electrons. The third-order valence-electron chi connectivity index (χ3n) is 6.76. The topological polar surface area (TPSA) is 109 Å². The number of fused-ring (bicyclic) bond motifs is 1. The lowest BCUT2D eigenvalue weighted by atomic mass is 9.93. The summed E-state index contributed by atoms with van der Waals surface area (Å²) in [5.41, 5.74) is 3.08. The number of nitrogens with one attached hydrogen (secondary N) is 2. The molecular weight excluding hydrogens is 418 g/mol. The lowest BCUT2D eigenvalue weighted by Crippen LogP contribution is -2.57. The fourth-order valence-electron chi connectivity index (χ4n) is 4.61. The van der Waals surface area contributed by atoms with E-state index in [4.69, 9.17) is 9.72 Å². The van der Waals surface area contributed by atoms with Gasteiger partial charge in [-0.15, -0.1) is 0 Å². The van der Waals surface area contributed by atoms with E-state index in [9.17, 15) is 4.79 Å². The number of H-pyrrole nitrogens is 1. The molecule has 0 atom stereocenters. The van der Waals surface area contributed by atoms with Crippen LogP contribution in [-0.2, 0) is 9.53 Å². The van der Waals surface area contributed by atoms with Gasteiger partial charge in [0.1, 0.15) is 11.9 Å². The Kier molecular flexibility index (Phi) is 5.57. The second kappa shape index (κ2) is 8.55.